The van der Waals surface area contributed by atoms with Crippen molar-refractivity contribution < 1.29 is 0 Å². The summed E-state index contributed by atoms with van der Waals surface area (Å²) in [7, 11) is 0. The molecule has 18 heavy (non-hydrogen) atoms. The fourth-order valence-electron chi connectivity index (χ4n) is 1.64. The lowest BCUT2D eigenvalue weighted by atomic mass is 10.2. The number of aromatic nitrogens is 3. The summed E-state index contributed by atoms with van der Waals surface area (Å²) in [5, 5.41) is 3.36. The van der Waals surface area contributed by atoms with Gasteiger partial charge in [0.2, 0.25) is 0 Å². The molecule has 0 fully saturated rings. The zero-order valence-corrected chi connectivity index (χ0v) is 11.0. The number of rotatable bonds is 4. The minimum Gasteiger partial charge on any atom is -0.309 e. The smallest absolute Gasteiger partial charge is 0.178 e. The molecule has 1 N–H and O–H groups in total. The summed E-state index contributed by atoms with van der Waals surface area (Å²) in [6.45, 7) is 6.97. The van der Waals surface area contributed by atoms with Crippen LogP contribution in [0.3, 0.4) is 0 Å². The van der Waals surface area contributed by atoms with Gasteiger partial charge in [0.25, 0.3) is 0 Å². The molecule has 2 aromatic rings. The summed E-state index contributed by atoms with van der Waals surface area (Å²) in [6, 6.07) is 8.20. The van der Waals surface area contributed by atoms with Gasteiger partial charge in [-0.15, -0.1) is 0 Å². The van der Waals surface area contributed by atoms with E-state index in [1.165, 1.54) is 0 Å². The highest BCUT2D eigenvalue weighted by Gasteiger charge is 2.06. The van der Waals surface area contributed by atoms with Crippen molar-refractivity contribution in [2.45, 2.75) is 33.4 Å². The normalized spacial score (nSPS) is 10.9. The van der Waals surface area contributed by atoms with Gasteiger partial charge in [0, 0.05) is 24.5 Å². The predicted molar refractivity (Wildman–Crippen MR) is 72.0 cm³/mol. The van der Waals surface area contributed by atoms with Crippen LogP contribution in [0.1, 0.15) is 25.2 Å². The molecule has 2 aromatic heterocycles. The lowest BCUT2D eigenvalue weighted by molar-refractivity contribution is 0.580. The SMILES string of the molecule is Cc1cc(CNC(C)C)nc(-c2ccccn2)n1. The average Bonchev–Trinajstić information content (AvgIpc) is 2.37. The van der Waals surface area contributed by atoms with Gasteiger partial charge in [-0.1, -0.05) is 19.9 Å². The van der Waals surface area contributed by atoms with E-state index in [2.05, 4.69) is 34.1 Å². The van der Waals surface area contributed by atoms with Crippen molar-refractivity contribution in [3.05, 3.63) is 41.9 Å². The molecular formula is C14H18N4. The van der Waals surface area contributed by atoms with Gasteiger partial charge in [-0.2, -0.15) is 0 Å². The summed E-state index contributed by atoms with van der Waals surface area (Å²) in [5.74, 6) is 0.691. The maximum absolute atomic E-state index is 4.54. The first kappa shape index (κ1) is 12.6. The van der Waals surface area contributed by atoms with Gasteiger partial charge in [-0.25, -0.2) is 9.97 Å². The van der Waals surface area contributed by atoms with Crippen LogP contribution < -0.4 is 5.32 Å². The van der Waals surface area contributed by atoms with E-state index < -0.39 is 0 Å². The minimum absolute atomic E-state index is 0.443. The number of pyridine rings is 1. The van der Waals surface area contributed by atoms with E-state index in [9.17, 15) is 0 Å². The van der Waals surface area contributed by atoms with E-state index in [1.54, 1.807) is 6.20 Å². The second kappa shape index (κ2) is 5.69. The molecule has 0 spiro atoms. The maximum atomic E-state index is 4.54. The minimum atomic E-state index is 0.443. The highest BCUT2D eigenvalue weighted by molar-refractivity contribution is 5.48. The molecule has 4 heteroatoms. The highest BCUT2D eigenvalue weighted by atomic mass is 15.0. The largest absolute Gasteiger partial charge is 0.309 e. The third-order valence-electron chi connectivity index (χ3n) is 2.49. The fraction of sp³-hybridized carbons (Fsp3) is 0.357. The first-order valence-electron chi connectivity index (χ1n) is 6.14. The summed E-state index contributed by atoms with van der Waals surface area (Å²) in [5.41, 5.74) is 2.77. The van der Waals surface area contributed by atoms with Crippen molar-refractivity contribution in [1.82, 2.24) is 20.3 Å². The van der Waals surface area contributed by atoms with Crippen LogP contribution in [-0.2, 0) is 6.54 Å². The molecular weight excluding hydrogens is 224 g/mol. The molecule has 0 unspecified atom stereocenters. The van der Waals surface area contributed by atoms with Gasteiger partial charge in [-0.05, 0) is 25.1 Å². The Morgan fingerprint density at radius 3 is 2.72 bits per heavy atom. The van der Waals surface area contributed by atoms with Crippen LogP contribution in [0.25, 0.3) is 11.5 Å². The van der Waals surface area contributed by atoms with Crippen LogP contribution >= 0.6 is 0 Å². The Hall–Kier alpha value is -1.81. The third-order valence-corrected chi connectivity index (χ3v) is 2.49. The van der Waals surface area contributed by atoms with Crippen molar-refractivity contribution >= 4 is 0 Å². The van der Waals surface area contributed by atoms with Crippen LogP contribution in [0.4, 0.5) is 0 Å². The number of hydrogen-bond donors (Lipinski definition) is 1. The van der Waals surface area contributed by atoms with E-state index in [0.29, 0.717) is 11.9 Å². The van der Waals surface area contributed by atoms with Gasteiger partial charge in [0.1, 0.15) is 5.69 Å². The Morgan fingerprint density at radius 2 is 2.06 bits per heavy atom. The second-order valence-electron chi connectivity index (χ2n) is 4.57. The van der Waals surface area contributed by atoms with Crippen LogP contribution in [0.15, 0.2) is 30.5 Å². The molecule has 0 aliphatic carbocycles. The quantitative estimate of drug-likeness (QED) is 0.894. The molecule has 0 saturated heterocycles. The number of nitrogens with zero attached hydrogens (tertiary/aromatic N) is 3. The first-order valence-corrected chi connectivity index (χ1v) is 6.14. The number of hydrogen-bond acceptors (Lipinski definition) is 4. The van der Waals surface area contributed by atoms with Gasteiger partial charge in [0.15, 0.2) is 5.82 Å². The molecule has 0 radical (unpaired) electrons. The van der Waals surface area contributed by atoms with E-state index >= 15 is 0 Å². The van der Waals surface area contributed by atoms with Gasteiger partial charge in [-0.3, -0.25) is 4.98 Å². The average molecular weight is 242 g/mol. The van der Waals surface area contributed by atoms with Crippen molar-refractivity contribution in [3.8, 4) is 11.5 Å². The van der Waals surface area contributed by atoms with E-state index in [-0.39, 0.29) is 0 Å². The van der Waals surface area contributed by atoms with Crippen LogP contribution in [0, 0.1) is 6.92 Å². The van der Waals surface area contributed by atoms with Crippen molar-refractivity contribution in [3.63, 3.8) is 0 Å². The van der Waals surface area contributed by atoms with E-state index in [4.69, 9.17) is 0 Å². The standard InChI is InChI=1S/C14H18N4/c1-10(2)16-9-12-8-11(3)17-14(18-12)13-6-4-5-7-15-13/h4-8,10,16H,9H2,1-3H3. The summed E-state index contributed by atoms with van der Waals surface area (Å²) in [4.78, 5) is 13.3. The molecule has 2 heterocycles. The van der Waals surface area contributed by atoms with Gasteiger partial charge >= 0.3 is 0 Å². The molecule has 0 aliphatic heterocycles. The lowest BCUT2D eigenvalue weighted by Crippen LogP contribution is -2.22. The second-order valence-corrected chi connectivity index (χ2v) is 4.57. The monoisotopic (exact) mass is 242 g/mol. The Kier molecular flexibility index (Phi) is 3.99. The van der Waals surface area contributed by atoms with Crippen molar-refractivity contribution in [2.75, 3.05) is 0 Å². The molecule has 2 rings (SSSR count). The Bertz CT molecular complexity index is 508. The molecule has 0 aromatic carbocycles. The molecule has 0 saturated carbocycles. The maximum Gasteiger partial charge on any atom is 0.178 e. The molecule has 0 bridgehead atoms. The topological polar surface area (TPSA) is 50.7 Å². The van der Waals surface area contributed by atoms with Crippen LogP contribution in [0.5, 0.6) is 0 Å². The summed E-state index contributed by atoms with van der Waals surface area (Å²) in [6.07, 6.45) is 1.76. The van der Waals surface area contributed by atoms with Gasteiger partial charge in [0.05, 0.1) is 5.69 Å². The Balaban J connectivity index is 2.27. The molecule has 0 atom stereocenters. The fourth-order valence-corrected chi connectivity index (χ4v) is 1.64. The lowest BCUT2D eigenvalue weighted by Gasteiger charge is -2.09. The van der Waals surface area contributed by atoms with Crippen LogP contribution in [-0.4, -0.2) is 21.0 Å². The van der Waals surface area contributed by atoms with E-state index in [0.717, 1.165) is 23.6 Å². The molecule has 0 aliphatic rings. The third kappa shape index (κ3) is 3.34. The molecule has 94 valence electrons. The summed E-state index contributed by atoms with van der Waals surface area (Å²) < 4.78 is 0. The van der Waals surface area contributed by atoms with E-state index in [1.807, 2.05) is 31.2 Å². The van der Waals surface area contributed by atoms with Crippen molar-refractivity contribution in [2.24, 2.45) is 0 Å². The number of aryl methyl sites for hydroxylation is 1. The predicted octanol–water partition coefficient (Wildman–Crippen LogP) is 2.35. The van der Waals surface area contributed by atoms with Crippen LogP contribution in [0.2, 0.25) is 0 Å². The molecule has 0 amide bonds. The Labute approximate surface area is 108 Å². The Morgan fingerprint density at radius 1 is 1.22 bits per heavy atom. The highest BCUT2D eigenvalue weighted by Crippen LogP contribution is 2.12. The first-order chi connectivity index (χ1) is 8.65. The number of nitrogens with one attached hydrogen (secondary N) is 1. The zero-order chi connectivity index (χ0) is 13.0. The molecule has 4 nitrogen and oxygen atoms in total. The van der Waals surface area contributed by atoms with Crippen molar-refractivity contribution in [1.29, 1.82) is 0 Å². The summed E-state index contributed by atoms with van der Waals surface area (Å²) >= 11 is 0. The zero-order valence-electron chi connectivity index (χ0n) is 11.0. The van der Waals surface area contributed by atoms with Gasteiger partial charge < -0.3 is 5.32 Å².